The number of nitrogens with zero attached hydrogens (tertiary/aromatic N) is 2. The van der Waals surface area contributed by atoms with E-state index in [0.29, 0.717) is 27.7 Å². The van der Waals surface area contributed by atoms with Gasteiger partial charge in [0.25, 0.3) is 0 Å². The van der Waals surface area contributed by atoms with Crippen molar-refractivity contribution in [3.05, 3.63) is 80.3 Å². The number of allylic oxidation sites excluding steroid dienone is 2. The maximum atomic E-state index is 13.1. The molecule has 130 valence electrons. The van der Waals surface area contributed by atoms with Crippen LogP contribution in [0, 0.1) is 5.92 Å². The van der Waals surface area contributed by atoms with E-state index in [1.165, 1.54) is 11.1 Å². The van der Waals surface area contributed by atoms with Crippen LogP contribution >= 0.6 is 23.2 Å². The van der Waals surface area contributed by atoms with Crippen molar-refractivity contribution in [2.75, 3.05) is 0 Å². The first-order valence-electron chi connectivity index (χ1n) is 8.62. The first-order valence-corrected chi connectivity index (χ1v) is 9.37. The predicted octanol–water partition coefficient (Wildman–Crippen LogP) is 5.66. The third-order valence-corrected chi connectivity index (χ3v) is 6.02. The lowest BCUT2D eigenvalue weighted by molar-refractivity contribution is -0.00975. The third kappa shape index (κ3) is 2.83. The Kier molecular flexibility index (Phi) is 4.54. The Labute approximate surface area is 161 Å². The van der Waals surface area contributed by atoms with E-state index >= 15 is 0 Å². The number of rotatable bonds is 2. The second-order valence-corrected chi connectivity index (χ2v) is 7.52. The molecule has 0 amide bonds. The molecule has 26 heavy (non-hydrogen) atoms. The zero-order valence-corrected chi connectivity index (χ0v) is 15.5. The summed E-state index contributed by atoms with van der Waals surface area (Å²) in [5, 5.41) is 0.757. The molecule has 0 spiro atoms. The highest BCUT2D eigenvalue weighted by Crippen LogP contribution is 2.41. The molecule has 0 radical (unpaired) electrons. The summed E-state index contributed by atoms with van der Waals surface area (Å²) in [5.74, 6) is -0.576. The van der Waals surface area contributed by atoms with Crippen LogP contribution in [-0.4, -0.2) is 16.3 Å². The van der Waals surface area contributed by atoms with Crippen molar-refractivity contribution in [1.82, 2.24) is 0 Å². The van der Waals surface area contributed by atoms with Gasteiger partial charge in [-0.3, -0.25) is 4.79 Å². The summed E-state index contributed by atoms with van der Waals surface area (Å²) in [7, 11) is 0. The van der Waals surface area contributed by atoms with Gasteiger partial charge >= 0.3 is 5.71 Å². The van der Waals surface area contributed by atoms with E-state index in [2.05, 4.69) is 10.9 Å². The minimum Gasteiger partial charge on any atom is -0.361 e. The lowest BCUT2D eigenvalue weighted by Gasteiger charge is -2.28. The average Bonchev–Trinajstić information content (AvgIpc) is 2.68. The van der Waals surface area contributed by atoms with Gasteiger partial charge in [0.1, 0.15) is 5.92 Å². The van der Waals surface area contributed by atoms with Gasteiger partial charge in [0, 0.05) is 5.56 Å². The van der Waals surface area contributed by atoms with Gasteiger partial charge in [-0.15, -0.1) is 0 Å². The molecular weight excluding hydrogens is 367 g/mol. The van der Waals surface area contributed by atoms with Crippen molar-refractivity contribution in [3.63, 3.8) is 0 Å². The summed E-state index contributed by atoms with van der Waals surface area (Å²) in [6.07, 6.45) is 3.40. The molecule has 0 N–H and O–H groups in total. The lowest BCUT2D eigenvalue weighted by atomic mass is 9.71. The Hall–Kier alpha value is -2.19. The van der Waals surface area contributed by atoms with Crippen molar-refractivity contribution < 1.29 is 9.58 Å². The molecule has 2 aliphatic rings. The molecule has 0 aromatic heterocycles. The van der Waals surface area contributed by atoms with E-state index in [9.17, 15) is 10.3 Å². The summed E-state index contributed by atoms with van der Waals surface area (Å²) in [5.41, 5.74) is 15.3. The smallest absolute Gasteiger partial charge is 0.310 e. The molecular formula is C21H16Cl2N2O. The predicted molar refractivity (Wildman–Crippen MR) is 104 cm³/mol. The number of benzene rings is 2. The molecule has 2 aromatic rings. The Morgan fingerprint density at radius 3 is 2.62 bits per heavy atom. The van der Waals surface area contributed by atoms with Gasteiger partial charge in [0.15, 0.2) is 5.78 Å². The van der Waals surface area contributed by atoms with Crippen molar-refractivity contribution in [2.24, 2.45) is 5.92 Å². The molecule has 4 rings (SSSR count). The molecule has 1 atom stereocenters. The van der Waals surface area contributed by atoms with E-state index in [0.717, 1.165) is 30.4 Å². The Morgan fingerprint density at radius 2 is 1.85 bits per heavy atom. The number of fused-ring (bicyclic) bond motifs is 2. The summed E-state index contributed by atoms with van der Waals surface area (Å²) >= 11 is 12.0. The molecule has 0 fully saturated rings. The topological polar surface area (TPSA) is 53.5 Å². The largest absolute Gasteiger partial charge is 0.361 e. The quantitative estimate of drug-likeness (QED) is 0.375. The zero-order valence-electron chi connectivity index (χ0n) is 14.0. The van der Waals surface area contributed by atoms with Gasteiger partial charge in [-0.05, 0) is 55.0 Å². The van der Waals surface area contributed by atoms with E-state index in [4.69, 9.17) is 23.2 Å². The van der Waals surface area contributed by atoms with Gasteiger partial charge in [0.05, 0.1) is 15.6 Å². The number of halogens is 2. The standard InChI is InChI=1S/C21H16Cl2N2O/c22-17-10-8-14(11-18(17)23)21(26)16-9-7-13-6-5-12-3-1-2-4-15(12)19(13)20(16)25-24/h1-4,8,10-11,16H,5-7,9H2. The highest BCUT2D eigenvalue weighted by atomic mass is 35.5. The van der Waals surface area contributed by atoms with Crippen LogP contribution < -0.4 is 0 Å². The number of hydrogen-bond acceptors (Lipinski definition) is 1. The summed E-state index contributed by atoms with van der Waals surface area (Å²) < 4.78 is 0. The molecule has 2 aliphatic carbocycles. The zero-order chi connectivity index (χ0) is 18.3. The Balaban J connectivity index is 1.77. The van der Waals surface area contributed by atoms with E-state index < -0.39 is 5.92 Å². The number of aryl methyl sites for hydroxylation is 1. The number of carbonyl (C=O) groups excluding carboxylic acids is 1. The Morgan fingerprint density at radius 1 is 1.04 bits per heavy atom. The second-order valence-electron chi connectivity index (χ2n) is 6.71. The van der Waals surface area contributed by atoms with E-state index in [-0.39, 0.29) is 5.78 Å². The number of hydrogen-bond donors (Lipinski definition) is 0. The lowest BCUT2D eigenvalue weighted by Crippen LogP contribution is -2.31. The summed E-state index contributed by atoms with van der Waals surface area (Å²) in [6, 6.07) is 13.0. The molecule has 0 saturated heterocycles. The molecule has 0 heterocycles. The van der Waals surface area contributed by atoms with Crippen LogP contribution in [0.3, 0.4) is 0 Å². The van der Waals surface area contributed by atoms with Gasteiger partial charge in [-0.1, -0.05) is 53.0 Å². The van der Waals surface area contributed by atoms with Crippen LogP contribution in [0.15, 0.2) is 48.0 Å². The highest BCUT2D eigenvalue weighted by molar-refractivity contribution is 6.42. The van der Waals surface area contributed by atoms with Crippen LogP contribution in [0.25, 0.3) is 11.1 Å². The van der Waals surface area contributed by atoms with Crippen LogP contribution in [0.1, 0.15) is 40.7 Å². The maximum absolute atomic E-state index is 13.1. The van der Waals surface area contributed by atoms with E-state index in [1.54, 1.807) is 18.2 Å². The minimum atomic E-state index is -0.484. The minimum absolute atomic E-state index is 0.0917. The highest BCUT2D eigenvalue weighted by Gasteiger charge is 2.41. The maximum Gasteiger partial charge on any atom is 0.310 e. The van der Waals surface area contributed by atoms with Crippen LogP contribution in [-0.2, 0) is 6.42 Å². The first kappa shape index (κ1) is 17.2. The molecule has 3 nitrogen and oxygen atoms in total. The molecule has 5 heteroatoms. The number of ketones is 1. The normalized spacial score (nSPS) is 18.8. The van der Waals surface area contributed by atoms with Crippen molar-refractivity contribution in [3.8, 4) is 0 Å². The van der Waals surface area contributed by atoms with Gasteiger partial charge < -0.3 is 5.53 Å². The molecule has 2 aromatic carbocycles. The molecule has 0 saturated carbocycles. The number of Topliss-reactive ketones (excluding diaryl/α,β-unsaturated/α-hetero) is 1. The van der Waals surface area contributed by atoms with Crippen LogP contribution in [0.2, 0.25) is 10.0 Å². The van der Waals surface area contributed by atoms with Crippen molar-refractivity contribution in [1.29, 1.82) is 0 Å². The van der Waals surface area contributed by atoms with Crippen LogP contribution in [0.4, 0.5) is 0 Å². The van der Waals surface area contributed by atoms with Gasteiger partial charge in [0.2, 0.25) is 0 Å². The fourth-order valence-electron chi connectivity index (χ4n) is 4.01. The van der Waals surface area contributed by atoms with Crippen molar-refractivity contribution in [2.45, 2.75) is 25.7 Å². The average molecular weight is 383 g/mol. The first-order chi connectivity index (χ1) is 12.6. The molecule has 0 aliphatic heterocycles. The van der Waals surface area contributed by atoms with Gasteiger partial charge in [-0.2, -0.15) is 4.79 Å². The monoisotopic (exact) mass is 382 g/mol. The van der Waals surface area contributed by atoms with Crippen LogP contribution in [0.5, 0.6) is 0 Å². The fourth-order valence-corrected chi connectivity index (χ4v) is 4.31. The third-order valence-electron chi connectivity index (χ3n) is 5.29. The molecule has 1 unspecified atom stereocenters. The summed E-state index contributed by atoms with van der Waals surface area (Å²) in [6.45, 7) is 0. The Bertz CT molecular complexity index is 1000. The fraction of sp³-hybridized carbons (Fsp3) is 0.238. The molecule has 0 bridgehead atoms. The second kappa shape index (κ2) is 6.85. The SMILES string of the molecule is [N-]=[N+]=C1C2=C(CCc3ccccc32)CCC1C(=O)c1ccc(Cl)c(Cl)c1. The summed E-state index contributed by atoms with van der Waals surface area (Å²) in [4.78, 5) is 16.7. The van der Waals surface area contributed by atoms with Crippen molar-refractivity contribution >= 4 is 40.3 Å². The number of carbonyl (C=O) groups is 1. The van der Waals surface area contributed by atoms with E-state index in [1.807, 2.05) is 18.2 Å². The van der Waals surface area contributed by atoms with Gasteiger partial charge in [-0.25, -0.2) is 0 Å².